The Bertz CT molecular complexity index is 2080. The maximum Gasteiger partial charge on any atom is 0.253 e. The molecule has 2 bridgehead atoms. The van der Waals surface area contributed by atoms with Crippen LogP contribution < -0.4 is 16.0 Å². The van der Waals surface area contributed by atoms with Crippen LogP contribution in [0.5, 0.6) is 5.75 Å². The largest absolute Gasteiger partial charge is 0.507 e. The van der Waals surface area contributed by atoms with Gasteiger partial charge in [-0.3, -0.25) is 28.9 Å². The van der Waals surface area contributed by atoms with Gasteiger partial charge in [-0.2, -0.15) is 0 Å². The van der Waals surface area contributed by atoms with Gasteiger partial charge in [0.2, 0.25) is 5.91 Å². The Hall–Kier alpha value is -5.73. The first-order chi connectivity index (χ1) is 24.5. The number of phenolic OH excluding ortho intramolecular Hbond substituents is 1. The van der Waals surface area contributed by atoms with Crippen molar-refractivity contribution in [1.29, 1.82) is 0 Å². The minimum Gasteiger partial charge on any atom is -0.507 e. The van der Waals surface area contributed by atoms with Crippen molar-refractivity contribution in [3.63, 3.8) is 0 Å². The first kappa shape index (κ1) is 33.8. The lowest BCUT2D eigenvalue weighted by molar-refractivity contribution is -0.137. The zero-order valence-electron chi connectivity index (χ0n) is 27.5. The summed E-state index contributed by atoms with van der Waals surface area (Å²) in [6, 6.07) is 5.04. The number of fused-ring (bicyclic) bond motifs is 4. The number of nitrogens with one attached hydrogen (secondary N) is 3. The average molecular weight is 691 g/mol. The van der Waals surface area contributed by atoms with Crippen LogP contribution >= 0.6 is 0 Å². The van der Waals surface area contributed by atoms with Gasteiger partial charge in [-0.15, -0.1) is 0 Å². The third kappa shape index (κ3) is 5.38. The van der Waals surface area contributed by atoms with Gasteiger partial charge in [-0.1, -0.05) is 30.1 Å². The summed E-state index contributed by atoms with van der Waals surface area (Å²) in [7, 11) is 0. The molecule has 260 valence electrons. The van der Waals surface area contributed by atoms with Crippen molar-refractivity contribution in [1.82, 2.24) is 10.2 Å². The number of carbonyl (C=O) groups excluding carboxylic acids is 5. The Balaban J connectivity index is 1.03. The second-order valence-corrected chi connectivity index (χ2v) is 12.9. The van der Waals surface area contributed by atoms with E-state index in [4.69, 9.17) is 4.74 Å². The van der Waals surface area contributed by atoms with E-state index in [2.05, 4.69) is 39.6 Å². The number of hydrogen-bond acceptors (Lipinski definition) is 11. The fourth-order valence-electron chi connectivity index (χ4n) is 7.43. The number of rotatable bonds is 11. The number of ketones is 2. The summed E-state index contributed by atoms with van der Waals surface area (Å²) < 4.78 is 6.20. The number of carbonyl (C=O) groups is 5. The van der Waals surface area contributed by atoms with Crippen molar-refractivity contribution in [2.24, 2.45) is 0 Å². The van der Waals surface area contributed by atoms with Gasteiger partial charge in [0.25, 0.3) is 11.8 Å². The van der Waals surface area contributed by atoms with E-state index in [-0.39, 0.29) is 51.2 Å². The number of unbranched alkanes of at least 4 members (excludes halogenated alkanes) is 2. The lowest BCUT2D eigenvalue weighted by Crippen LogP contribution is -2.54. The van der Waals surface area contributed by atoms with Gasteiger partial charge in [0.15, 0.2) is 28.9 Å². The van der Waals surface area contributed by atoms with Crippen LogP contribution in [0.1, 0.15) is 70.0 Å². The highest BCUT2D eigenvalue weighted by atomic mass is 16.7. The summed E-state index contributed by atoms with van der Waals surface area (Å²) in [5, 5.41) is 42.7. The molecule has 3 heterocycles. The van der Waals surface area contributed by atoms with Gasteiger partial charge in [-0.05, 0) is 56.2 Å². The fourth-order valence-corrected chi connectivity index (χ4v) is 7.43. The number of amides is 3. The van der Waals surface area contributed by atoms with Gasteiger partial charge in [0.05, 0.1) is 22.9 Å². The molecule has 3 aliphatic heterocycles. The van der Waals surface area contributed by atoms with Gasteiger partial charge in [-0.25, -0.2) is 0 Å². The normalized spacial score (nSPS) is 25.2. The number of benzene rings is 2. The number of allylic oxidation sites excluding steroid dienone is 2. The van der Waals surface area contributed by atoms with Gasteiger partial charge in [0, 0.05) is 60.6 Å². The molecule has 2 aromatic rings. The maximum atomic E-state index is 14.1. The molecular weight excluding hydrogens is 656 g/mol. The summed E-state index contributed by atoms with van der Waals surface area (Å²) in [5.41, 5.74) is -2.34. The molecule has 5 aliphatic rings. The van der Waals surface area contributed by atoms with E-state index in [1.54, 1.807) is 6.07 Å². The number of aliphatic hydroxyl groups is 2. The minimum atomic E-state index is -1.65. The summed E-state index contributed by atoms with van der Waals surface area (Å²) in [6.07, 6.45) is 5.03. The lowest BCUT2D eigenvalue weighted by atomic mass is 9.69. The smallest absolute Gasteiger partial charge is 0.253 e. The van der Waals surface area contributed by atoms with Crippen LogP contribution in [-0.4, -0.2) is 93.0 Å². The maximum absolute atomic E-state index is 14.1. The molecule has 2 aliphatic carbocycles. The van der Waals surface area contributed by atoms with Crippen molar-refractivity contribution < 1.29 is 44.0 Å². The van der Waals surface area contributed by atoms with Gasteiger partial charge < -0.3 is 36.0 Å². The van der Waals surface area contributed by atoms with E-state index in [1.807, 2.05) is 0 Å². The molecular formula is C38H34N4O9. The van der Waals surface area contributed by atoms with Crippen molar-refractivity contribution in [3.05, 3.63) is 76.4 Å². The molecule has 5 atom stereocenters. The number of nitrogens with zero attached hydrogens (tertiary/aromatic N) is 1. The van der Waals surface area contributed by atoms with Gasteiger partial charge in [0.1, 0.15) is 11.8 Å². The van der Waals surface area contributed by atoms with Crippen LogP contribution in [0.3, 0.4) is 0 Å². The van der Waals surface area contributed by atoms with Crippen molar-refractivity contribution in [2.45, 2.75) is 62.1 Å². The Morgan fingerprint density at radius 3 is 2.45 bits per heavy atom. The lowest BCUT2D eigenvalue weighted by Gasteiger charge is -2.37. The van der Waals surface area contributed by atoms with Crippen LogP contribution in [0.2, 0.25) is 0 Å². The van der Waals surface area contributed by atoms with E-state index in [1.165, 1.54) is 54.3 Å². The van der Waals surface area contributed by atoms with Crippen LogP contribution in [0.4, 0.5) is 11.4 Å². The standard InChI is InChI=1S/C38H34N4O9/c1-21(43)37-27-9-5-2-3-6-10-28(45)38(37,51-37)25-20-26(44)32-33(34(25)41-27)35(49)23-13-12-22(19-24(23)36(32)50)39-16-17-40-29(46)11-7-4-8-18-42-30(47)14-15-31(42)48/h2-3,12-15,19-21,27-28,39,41,43-45H,4,7-8,11,16-18H2,1H3,(H,40,46). The topological polar surface area (TPSA) is 198 Å². The Kier molecular flexibility index (Phi) is 8.51. The van der Waals surface area contributed by atoms with Crippen molar-refractivity contribution in [2.75, 3.05) is 30.3 Å². The average Bonchev–Trinajstić information content (AvgIpc) is 3.76. The van der Waals surface area contributed by atoms with Gasteiger partial charge >= 0.3 is 0 Å². The second kappa shape index (κ2) is 12.9. The minimum absolute atomic E-state index is 0.0817. The highest BCUT2D eigenvalue weighted by Crippen LogP contribution is 2.67. The molecule has 2 aromatic carbocycles. The van der Waals surface area contributed by atoms with E-state index in [0.717, 1.165) is 0 Å². The molecule has 0 spiro atoms. The molecule has 7 rings (SSSR count). The molecule has 13 nitrogen and oxygen atoms in total. The first-order valence-corrected chi connectivity index (χ1v) is 16.7. The fraction of sp³-hybridized carbons (Fsp3) is 0.342. The first-order valence-electron chi connectivity index (χ1n) is 16.7. The molecule has 0 aromatic heterocycles. The molecule has 1 fully saturated rings. The number of phenols is 1. The quantitative estimate of drug-likeness (QED) is 0.0557. The number of imide groups is 1. The predicted octanol–water partition coefficient (Wildman–Crippen LogP) is 1.26. The number of hydrogen-bond donors (Lipinski definition) is 6. The number of aromatic hydroxyl groups is 1. The third-order valence-electron chi connectivity index (χ3n) is 9.92. The Morgan fingerprint density at radius 1 is 0.980 bits per heavy atom. The molecule has 0 radical (unpaired) electrons. The highest BCUT2D eigenvalue weighted by Gasteiger charge is 2.82. The molecule has 51 heavy (non-hydrogen) atoms. The second-order valence-electron chi connectivity index (χ2n) is 12.9. The molecule has 0 saturated carbocycles. The molecule has 1 saturated heterocycles. The summed E-state index contributed by atoms with van der Waals surface area (Å²) >= 11 is 0. The number of aliphatic hydroxyl groups excluding tert-OH is 2. The number of ether oxygens (including phenoxy) is 1. The number of anilines is 2. The van der Waals surface area contributed by atoms with Crippen LogP contribution in [0.25, 0.3) is 0 Å². The Labute approximate surface area is 292 Å². The van der Waals surface area contributed by atoms with E-state index >= 15 is 0 Å². The summed E-state index contributed by atoms with van der Waals surface area (Å²) in [6.45, 7) is 2.44. The van der Waals surface area contributed by atoms with E-state index in [0.29, 0.717) is 51.0 Å². The van der Waals surface area contributed by atoms with Crippen LogP contribution in [0.15, 0.2) is 48.6 Å². The van der Waals surface area contributed by atoms with Crippen LogP contribution in [0, 0.1) is 23.7 Å². The predicted molar refractivity (Wildman–Crippen MR) is 183 cm³/mol. The van der Waals surface area contributed by atoms with Crippen molar-refractivity contribution in [3.8, 4) is 29.4 Å². The third-order valence-corrected chi connectivity index (χ3v) is 9.92. The number of epoxide rings is 1. The monoisotopic (exact) mass is 690 g/mol. The molecule has 6 N–H and O–H groups in total. The zero-order chi connectivity index (χ0) is 36.1. The SMILES string of the molecule is CC(O)C12OC13c1cc(O)c4c(c1NC2C#CC=CC#CC3O)C(=O)c1ccc(NCCNC(=O)CCCCCN2C(=O)C=CC2=O)cc1C4=O. The molecule has 13 heteroatoms. The molecule has 5 unspecified atom stereocenters. The molecule has 3 amide bonds. The van der Waals surface area contributed by atoms with Crippen molar-refractivity contribution >= 4 is 40.7 Å². The van der Waals surface area contributed by atoms with E-state index in [9.17, 15) is 39.3 Å². The Morgan fingerprint density at radius 2 is 1.71 bits per heavy atom. The summed E-state index contributed by atoms with van der Waals surface area (Å²) in [4.78, 5) is 64.7. The van der Waals surface area contributed by atoms with E-state index < -0.39 is 46.8 Å². The summed E-state index contributed by atoms with van der Waals surface area (Å²) in [5.74, 6) is 8.87. The van der Waals surface area contributed by atoms with Crippen LogP contribution in [-0.2, 0) is 24.7 Å². The zero-order valence-corrected chi connectivity index (χ0v) is 27.5. The highest BCUT2D eigenvalue weighted by molar-refractivity contribution is 6.31.